The van der Waals surface area contributed by atoms with Crippen molar-refractivity contribution in [3.05, 3.63) is 36.2 Å². The van der Waals surface area contributed by atoms with E-state index in [-0.39, 0.29) is 11.6 Å². The summed E-state index contributed by atoms with van der Waals surface area (Å²) in [5, 5.41) is 24.1. The van der Waals surface area contributed by atoms with Gasteiger partial charge in [0, 0.05) is 0 Å². The van der Waals surface area contributed by atoms with Gasteiger partial charge in [-0.15, -0.1) is 0 Å². The van der Waals surface area contributed by atoms with Crippen LogP contribution in [0.1, 0.15) is 44.6 Å². The Bertz CT molecular complexity index is 826. The summed E-state index contributed by atoms with van der Waals surface area (Å²) in [5.41, 5.74) is 0.0527. The van der Waals surface area contributed by atoms with Gasteiger partial charge in [-0.05, 0) is 38.3 Å². The molecule has 0 saturated heterocycles. The lowest BCUT2D eigenvalue weighted by Gasteiger charge is -2.28. The van der Waals surface area contributed by atoms with Crippen LogP contribution in [0.25, 0.3) is 11.0 Å². The summed E-state index contributed by atoms with van der Waals surface area (Å²) in [6.07, 6.45) is 1.74. The summed E-state index contributed by atoms with van der Waals surface area (Å²) in [7, 11) is -1.69. The highest BCUT2D eigenvalue weighted by Gasteiger charge is 2.35. The van der Waals surface area contributed by atoms with Gasteiger partial charge in [-0.25, -0.2) is 4.98 Å². The summed E-state index contributed by atoms with van der Waals surface area (Å²) in [6.45, 7) is 6.88. The van der Waals surface area contributed by atoms with E-state index in [1.54, 1.807) is 18.2 Å². The largest absolute Gasteiger partial charge is 0.475 e. The minimum Gasteiger partial charge on any atom is -0.426 e. The van der Waals surface area contributed by atoms with Gasteiger partial charge in [0.05, 0.1) is 23.2 Å². The Morgan fingerprint density at radius 1 is 1.19 bits per heavy atom. The van der Waals surface area contributed by atoms with E-state index in [0.29, 0.717) is 17.5 Å². The molecule has 0 fully saturated rings. The number of benzene rings is 1. The Balaban J connectivity index is 2.10. The number of aromatic nitrogens is 2. The smallest absolute Gasteiger partial charge is 0.426 e. The third-order valence-electron chi connectivity index (χ3n) is 4.08. The van der Waals surface area contributed by atoms with Crippen LogP contribution in [0.5, 0.6) is 0 Å². The van der Waals surface area contributed by atoms with Crippen molar-refractivity contribution in [3.63, 3.8) is 0 Å². The molecule has 0 aliphatic carbocycles. The molecule has 1 atom stereocenters. The van der Waals surface area contributed by atoms with Gasteiger partial charge in [0.2, 0.25) is 5.91 Å². The highest BCUT2D eigenvalue weighted by molar-refractivity contribution is 6.43. The van der Waals surface area contributed by atoms with Gasteiger partial charge in [0.1, 0.15) is 11.2 Å². The number of amides is 2. The highest BCUT2D eigenvalue weighted by atomic mass is 16.4. The van der Waals surface area contributed by atoms with Crippen LogP contribution in [0.4, 0.5) is 0 Å². The first-order valence-corrected chi connectivity index (χ1v) is 8.81. The maximum Gasteiger partial charge on any atom is 0.475 e. The standard InChI is InChI=1S/C18H25BN4O4/c1-11(2)9-15(19(26)27)22-17(25)18(3,4)23-16(24)14-10-20-12-7-5-6-8-13(12)21-14/h5-8,10-11,15,26-27H,9H2,1-4H3,(H,22,25)(H,23,24)/t15-/m0/s1. The molecule has 0 bridgehead atoms. The zero-order valence-corrected chi connectivity index (χ0v) is 15.9. The van der Waals surface area contributed by atoms with Crippen LogP contribution in [0.2, 0.25) is 0 Å². The van der Waals surface area contributed by atoms with Crippen molar-refractivity contribution in [1.29, 1.82) is 0 Å². The molecule has 2 amide bonds. The van der Waals surface area contributed by atoms with Crippen molar-refractivity contribution in [2.24, 2.45) is 5.92 Å². The van der Waals surface area contributed by atoms with Gasteiger partial charge in [0.25, 0.3) is 5.91 Å². The van der Waals surface area contributed by atoms with E-state index in [0.717, 1.165) is 0 Å². The first-order chi connectivity index (χ1) is 12.6. The van der Waals surface area contributed by atoms with Gasteiger partial charge in [-0.3, -0.25) is 14.6 Å². The summed E-state index contributed by atoms with van der Waals surface area (Å²) in [4.78, 5) is 33.5. The maximum atomic E-state index is 12.6. The maximum absolute atomic E-state index is 12.6. The van der Waals surface area contributed by atoms with E-state index >= 15 is 0 Å². The number of nitrogens with zero attached hydrogens (tertiary/aromatic N) is 2. The molecule has 0 radical (unpaired) electrons. The molecule has 9 heteroatoms. The quantitative estimate of drug-likeness (QED) is 0.530. The fourth-order valence-corrected chi connectivity index (χ4v) is 2.58. The van der Waals surface area contributed by atoms with Crippen LogP contribution in [0.15, 0.2) is 30.5 Å². The summed E-state index contributed by atoms with van der Waals surface area (Å²) >= 11 is 0. The minimum atomic E-state index is -1.69. The molecule has 0 saturated carbocycles. The second-order valence-electron chi connectivity index (χ2n) is 7.45. The summed E-state index contributed by atoms with van der Waals surface area (Å²) in [5.74, 6) is -1.74. The van der Waals surface area contributed by atoms with Crippen molar-refractivity contribution < 1.29 is 19.6 Å². The molecule has 1 heterocycles. The van der Waals surface area contributed by atoms with E-state index in [9.17, 15) is 19.6 Å². The number of nitrogens with one attached hydrogen (secondary N) is 2. The second-order valence-corrected chi connectivity index (χ2v) is 7.45. The van der Waals surface area contributed by atoms with Crippen molar-refractivity contribution >= 4 is 30.0 Å². The number of carbonyl (C=O) groups excluding carboxylic acids is 2. The van der Waals surface area contributed by atoms with E-state index in [2.05, 4.69) is 20.6 Å². The van der Waals surface area contributed by atoms with E-state index in [1.165, 1.54) is 20.0 Å². The van der Waals surface area contributed by atoms with Gasteiger partial charge < -0.3 is 20.7 Å². The Labute approximate surface area is 158 Å². The average molecular weight is 372 g/mol. The van der Waals surface area contributed by atoms with Crippen molar-refractivity contribution in [2.75, 3.05) is 0 Å². The van der Waals surface area contributed by atoms with Crippen LogP contribution >= 0.6 is 0 Å². The normalized spacial score (nSPS) is 12.7. The molecule has 2 aromatic rings. The number of hydrogen-bond acceptors (Lipinski definition) is 6. The molecule has 0 spiro atoms. The lowest BCUT2D eigenvalue weighted by atomic mass is 9.74. The van der Waals surface area contributed by atoms with Crippen molar-refractivity contribution in [2.45, 2.75) is 45.6 Å². The minimum absolute atomic E-state index is 0.0931. The van der Waals surface area contributed by atoms with Crippen LogP contribution < -0.4 is 10.6 Å². The van der Waals surface area contributed by atoms with Gasteiger partial charge in [0.15, 0.2) is 0 Å². The van der Waals surface area contributed by atoms with Crippen molar-refractivity contribution in [1.82, 2.24) is 20.6 Å². The molecule has 27 heavy (non-hydrogen) atoms. The SMILES string of the molecule is CC(C)C[C@H](NC(=O)C(C)(C)NC(=O)c1cnc2ccccc2n1)B(O)O. The van der Waals surface area contributed by atoms with Crippen LogP contribution in [-0.4, -0.2) is 50.4 Å². The van der Waals surface area contributed by atoms with Crippen LogP contribution in [0.3, 0.4) is 0 Å². The molecule has 4 N–H and O–H groups in total. The number of hydrogen-bond donors (Lipinski definition) is 4. The average Bonchev–Trinajstić information content (AvgIpc) is 2.59. The molecule has 2 rings (SSSR count). The molecule has 144 valence electrons. The zero-order valence-electron chi connectivity index (χ0n) is 15.9. The Hall–Kier alpha value is -2.52. The monoisotopic (exact) mass is 372 g/mol. The number of rotatable bonds is 7. The fourth-order valence-electron chi connectivity index (χ4n) is 2.58. The molecule has 1 aromatic carbocycles. The van der Waals surface area contributed by atoms with Crippen LogP contribution in [0, 0.1) is 5.92 Å². The Morgan fingerprint density at radius 2 is 1.81 bits per heavy atom. The summed E-state index contributed by atoms with van der Waals surface area (Å²) in [6, 6.07) is 7.16. The van der Waals surface area contributed by atoms with Crippen molar-refractivity contribution in [3.8, 4) is 0 Å². The summed E-state index contributed by atoms with van der Waals surface area (Å²) < 4.78 is 0. The number of para-hydroxylation sites is 2. The molecule has 0 aliphatic heterocycles. The fraction of sp³-hybridized carbons (Fsp3) is 0.444. The molecular formula is C18H25BN4O4. The van der Waals surface area contributed by atoms with Gasteiger partial charge in [-0.2, -0.15) is 0 Å². The predicted octanol–water partition coefficient (Wildman–Crippen LogP) is 0.681. The lowest BCUT2D eigenvalue weighted by Crippen LogP contribution is -2.59. The third-order valence-corrected chi connectivity index (χ3v) is 4.08. The van der Waals surface area contributed by atoms with Crippen LogP contribution in [-0.2, 0) is 4.79 Å². The predicted molar refractivity (Wildman–Crippen MR) is 103 cm³/mol. The topological polar surface area (TPSA) is 124 Å². The Kier molecular flexibility index (Phi) is 6.51. The third kappa shape index (κ3) is 5.48. The molecule has 0 aliphatic rings. The first-order valence-electron chi connectivity index (χ1n) is 8.81. The van der Waals surface area contributed by atoms with E-state index in [1.807, 2.05) is 19.9 Å². The van der Waals surface area contributed by atoms with Gasteiger partial charge >= 0.3 is 7.12 Å². The molecule has 1 aromatic heterocycles. The lowest BCUT2D eigenvalue weighted by molar-refractivity contribution is -0.126. The van der Waals surface area contributed by atoms with Gasteiger partial charge in [-0.1, -0.05) is 26.0 Å². The molecular weight excluding hydrogens is 347 g/mol. The zero-order chi connectivity index (χ0) is 20.2. The molecule has 0 unspecified atom stereocenters. The number of fused-ring (bicyclic) bond motifs is 1. The molecule has 8 nitrogen and oxygen atoms in total. The second kappa shape index (κ2) is 8.45. The number of carbonyl (C=O) groups is 2. The van der Waals surface area contributed by atoms with E-state index < -0.39 is 30.4 Å². The van der Waals surface area contributed by atoms with E-state index in [4.69, 9.17) is 0 Å². The first kappa shape index (κ1) is 20.8. The highest BCUT2D eigenvalue weighted by Crippen LogP contribution is 2.12. The Morgan fingerprint density at radius 3 is 2.41 bits per heavy atom.